The third kappa shape index (κ3) is 1.79. The second kappa shape index (κ2) is 3.75. The number of benzene rings is 1. The van der Waals surface area contributed by atoms with Gasteiger partial charge < -0.3 is 10.5 Å². The van der Waals surface area contributed by atoms with Crippen LogP contribution in [0.2, 0.25) is 0 Å². The molecule has 6 heteroatoms. The summed E-state index contributed by atoms with van der Waals surface area (Å²) in [6.45, 7) is 0. The van der Waals surface area contributed by atoms with Gasteiger partial charge in [0.1, 0.15) is 5.01 Å². The van der Waals surface area contributed by atoms with Gasteiger partial charge in [-0.05, 0) is 30.4 Å². The van der Waals surface area contributed by atoms with Crippen molar-refractivity contribution >= 4 is 50.5 Å². The lowest BCUT2D eigenvalue weighted by Crippen LogP contribution is -2.02. The fraction of sp³-hybridized carbons (Fsp3) is 0.182. The second-order valence-electron chi connectivity index (χ2n) is 3.83. The van der Waals surface area contributed by atoms with Gasteiger partial charge in [0.2, 0.25) is 0 Å². The summed E-state index contributed by atoms with van der Waals surface area (Å²) in [7, 11) is 0. The minimum atomic E-state index is -0.279. The molecule has 0 spiro atoms. The quantitative estimate of drug-likeness (QED) is 0.486. The molecule has 1 aromatic heterocycles. The number of aromatic nitrogens is 1. The molecule has 0 amide bonds. The van der Waals surface area contributed by atoms with E-state index in [2.05, 4.69) is 4.98 Å². The summed E-state index contributed by atoms with van der Waals surface area (Å²) in [5.41, 5.74) is 7.29. The fourth-order valence-corrected chi connectivity index (χ4v) is 3.25. The molecule has 3 rings (SSSR count). The van der Waals surface area contributed by atoms with Crippen LogP contribution in [0, 0.1) is 0 Å². The summed E-state index contributed by atoms with van der Waals surface area (Å²) in [5.74, 6) is -0.463. The lowest BCUT2D eigenvalue weighted by molar-refractivity contribution is -0.132. The number of ether oxygens (including phenoxy) is 1. The lowest BCUT2D eigenvalue weighted by atomic mass is 10.1. The molecule has 1 atom stereocenters. The second-order valence-corrected chi connectivity index (χ2v) is 5.29. The molecule has 0 aliphatic carbocycles. The Kier molecular flexibility index (Phi) is 2.34. The summed E-state index contributed by atoms with van der Waals surface area (Å²) in [6, 6.07) is 5.54. The average molecular weight is 264 g/mol. The zero-order valence-electron chi connectivity index (χ0n) is 8.67. The summed E-state index contributed by atoms with van der Waals surface area (Å²) < 4.78 is 5.88. The number of carbonyl (C=O) groups is 1. The highest BCUT2D eigenvalue weighted by Crippen LogP contribution is 2.34. The molecule has 2 heterocycles. The Balaban J connectivity index is 2.06. The minimum absolute atomic E-state index is 0.184. The van der Waals surface area contributed by atoms with Crippen molar-refractivity contribution < 1.29 is 9.53 Å². The monoisotopic (exact) mass is 264 g/mol. The van der Waals surface area contributed by atoms with E-state index in [0.29, 0.717) is 10.7 Å². The molecule has 1 unspecified atom stereocenters. The highest BCUT2D eigenvalue weighted by Gasteiger charge is 2.33. The van der Waals surface area contributed by atoms with Crippen LogP contribution in [0.5, 0.6) is 0 Å². The van der Waals surface area contributed by atoms with Crippen LogP contribution in [-0.2, 0) is 9.53 Å². The minimum Gasteiger partial charge on any atom is -0.418 e. The number of nitrogen functional groups attached to an aromatic ring is 1. The fourth-order valence-electron chi connectivity index (χ4n) is 1.77. The van der Waals surface area contributed by atoms with E-state index < -0.39 is 0 Å². The van der Waals surface area contributed by atoms with E-state index in [-0.39, 0.29) is 18.3 Å². The molecule has 0 radical (unpaired) electrons. The van der Waals surface area contributed by atoms with Gasteiger partial charge in [-0.15, -0.1) is 11.3 Å². The molecular weight excluding hydrogens is 256 g/mol. The van der Waals surface area contributed by atoms with Crippen LogP contribution >= 0.6 is 23.6 Å². The van der Waals surface area contributed by atoms with Gasteiger partial charge >= 0.3 is 5.97 Å². The Hall–Kier alpha value is -1.53. The van der Waals surface area contributed by atoms with Gasteiger partial charge in [0.25, 0.3) is 0 Å². The van der Waals surface area contributed by atoms with Gasteiger partial charge in [0.05, 0.1) is 22.6 Å². The molecule has 1 aliphatic rings. The van der Waals surface area contributed by atoms with E-state index in [0.717, 1.165) is 15.2 Å². The van der Waals surface area contributed by atoms with Crippen LogP contribution in [0.1, 0.15) is 17.3 Å². The van der Waals surface area contributed by atoms with Crippen LogP contribution in [0.3, 0.4) is 0 Å². The first-order valence-electron chi connectivity index (χ1n) is 5.04. The molecule has 2 N–H and O–H groups in total. The Bertz CT molecular complexity index is 635. The van der Waals surface area contributed by atoms with Crippen LogP contribution < -0.4 is 5.73 Å². The predicted molar refractivity (Wildman–Crippen MR) is 70.1 cm³/mol. The van der Waals surface area contributed by atoms with Crippen LogP contribution in [0.4, 0.5) is 5.69 Å². The Morgan fingerprint density at radius 2 is 2.35 bits per heavy atom. The van der Waals surface area contributed by atoms with E-state index >= 15 is 0 Å². The summed E-state index contributed by atoms with van der Waals surface area (Å²) in [6.07, 6.45) is 0.286. The van der Waals surface area contributed by atoms with Gasteiger partial charge in [0, 0.05) is 5.69 Å². The molecule has 1 aliphatic heterocycles. The highest BCUT2D eigenvalue weighted by atomic mass is 32.1. The van der Waals surface area contributed by atoms with Gasteiger partial charge in [-0.1, -0.05) is 0 Å². The van der Waals surface area contributed by atoms with Crippen molar-refractivity contribution in [1.29, 1.82) is 0 Å². The number of thiocarbonyl (C=S) groups is 1. The van der Waals surface area contributed by atoms with Crippen LogP contribution in [0.25, 0.3) is 10.2 Å². The van der Waals surface area contributed by atoms with Crippen molar-refractivity contribution in [2.75, 3.05) is 5.73 Å². The molecule has 17 heavy (non-hydrogen) atoms. The van der Waals surface area contributed by atoms with Crippen LogP contribution in [-0.4, -0.2) is 16.0 Å². The van der Waals surface area contributed by atoms with Gasteiger partial charge in [0.15, 0.2) is 5.05 Å². The number of anilines is 1. The lowest BCUT2D eigenvalue weighted by Gasteiger charge is -1.99. The summed E-state index contributed by atoms with van der Waals surface area (Å²) in [4.78, 5) is 15.6. The van der Waals surface area contributed by atoms with E-state index in [9.17, 15) is 4.79 Å². The predicted octanol–water partition coefficient (Wildman–Crippen LogP) is 2.24. The first kappa shape index (κ1) is 10.6. The van der Waals surface area contributed by atoms with Gasteiger partial charge in [-0.25, -0.2) is 4.98 Å². The highest BCUT2D eigenvalue weighted by molar-refractivity contribution is 7.80. The Labute approximate surface area is 106 Å². The molecule has 1 fully saturated rings. The number of hydrogen-bond donors (Lipinski definition) is 1. The maximum Gasteiger partial charge on any atom is 0.312 e. The standard InChI is InChI=1S/C11H8N2O2S2/c12-5-1-2-7-8(3-5)17-10(13-7)6-4-9(14)15-11(6)16/h1-3,6H,4,12H2. The van der Waals surface area contributed by atoms with Crippen LogP contribution in [0.15, 0.2) is 18.2 Å². The molecule has 4 nitrogen and oxygen atoms in total. The molecule has 1 aromatic carbocycles. The molecule has 1 saturated heterocycles. The van der Waals surface area contributed by atoms with E-state index in [4.69, 9.17) is 22.7 Å². The largest absolute Gasteiger partial charge is 0.418 e. The van der Waals surface area contributed by atoms with E-state index in [1.807, 2.05) is 12.1 Å². The number of fused-ring (bicyclic) bond motifs is 1. The number of esters is 1. The number of hydrogen-bond acceptors (Lipinski definition) is 6. The smallest absolute Gasteiger partial charge is 0.312 e. The van der Waals surface area contributed by atoms with Crippen molar-refractivity contribution in [1.82, 2.24) is 4.98 Å². The maximum absolute atomic E-state index is 11.2. The van der Waals surface area contributed by atoms with Gasteiger partial charge in [-0.2, -0.15) is 0 Å². The van der Waals surface area contributed by atoms with E-state index in [1.165, 1.54) is 11.3 Å². The normalized spacial score (nSPS) is 19.9. The molecule has 86 valence electrons. The Morgan fingerprint density at radius 1 is 1.53 bits per heavy atom. The maximum atomic E-state index is 11.2. The third-order valence-electron chi connectivity index (χ3n) is 2.60. The molecule has 0 saturated carbocycles. The first-order chi connectivity index (χ1) is 8.13. The third-order valence-corrected chi connectivity index (χ3v) is 4.10. The summed E-state index contributed by atoms with van der Waals surface area (Å²) in [5, 5.41) is 1.14. The topological polar surface area (TPSA) is 65.2 Å². The molecule has 0 bridgehead atoms. The van der Waals surface area contributed by atoms with Crippen molar-refractivity contribution in [2.24, 2.45) is 0 Å². The number of cyclic esters (lactones) is 1. The molecular formula is C11H8N2O2S2. The number of carbonyl (C=O) groups excluding carboxylic acids is 1. The van der Waals surface area contributed by atoms with Crippen molar-refractivity contribution in [2.45, 2.75) is 12.3 Å². The SMILES string of the molecule is Nc1ccc2nc(C3CC(=O)OC3=S)sc2c1. The van der Waals surface area contributed by atoms with E-state index in [1.54, 1.807) is 6.07 Å². The van der Waals surface area contributed by atoms with Gasteiger partial charge in [-0.3, -0.25) is 4.79 Å². The zero-order chi connectivity index (χ0) is 12.0. The first-order valence-corrected chi connectivity index (χ1v) is 6.26. The molecule has 2 aromatic rings. The number of rotatable bonds is 1. The zero-order valence-corrected chi connectivity index (χ0v) is 10.3. The Morgan fingerprint density at radius 3 is 3.06 bits per heavy atom. The number of thiazole rings is 1. The number of nitrogens with zero attached hydrogens (tertiary/aromatic N) is 1. The summed E-state index contributed by atoms with van der Waals surface area (Å²) >= 11 is 6.53. The van der Waals surface area contributed by atoms with Crippen molar-refractivity contribution in [3.63, 3.8) is 0 Å². The van der Waals surface area contributed by atoms with Crippen molar-refractivity contribution in [3.05, 3.63) is 23.2 Å². The number of nitrogens with two attached hydrogens (primary N) is 1. The average Bonchev–Trinajstić information content (AvgIpc) is 2.80. The van der Waals surface area contributed by atoms with Crippen molar-refractivity contribution in [3.8, 4) is 0 Å².